The molecule has 1 aromatic carbocycles. The first kappa shape index (κ1) is 8.62. The molecule has 0 aliphatic rings. The average molecular weight is 115 g/mol. The summed E-state index contributed by atoms with van der Waals surface area (Å²) in [6.45, 7) is 0. The molecule has 0 aromatic heterocycles. The zero-order valence-corrected chi connectivity index (χ0v) is 5.79. The van der Waals surface area contributed by atoms with Gasteiger partial charge in [-0.2, -0.15) is 0 Å². The maximum atomic E-state index is 4.91. The Balaban J connectivity index is 0.000000640. The van der Waals surface area contributed by atoms with Crippen molar-refractivity contribution in [1.82, 2.24) is 0 Å². The van der Waals surface area contributed by atoms with E-state index in [0.29, 0.717) is 0 Å². The second-order valence-electron chi connectivity index (χ2n) is 1.52. The van der Waals surface area contributed by atoms with E-state index in [9.17, 15) is 0 Å². The fourth-order valence-electron chi connectivity index (χ4n) is 0.557. The molecule has 1 aromatic rings. The van der Waals surface area contributed by atoms with Gasteiger partial charge in [-0.15, -0.1) is 0 Å². The van der Waals surface area contributed by atoms with Gasteiger partial charge >= 0.3 is 0 Å². The Kier molecular flexibility index (Phi) is 4.30. The fraction of sp³-hybridized carbons (Fsp3) is 0.143. The molecule has 0 aliphatic heterocycles. The number of methoxy groups -OCH3 is 1. The molecule has 9 heavy (non-hydrogen) atoms. The zero-order valence-electron chi connectivity index (χ0n) is 5.79. The minimum Gasteiger partial charge on any atom is -0.497 e. The van der Waals surface area contributed by atoms with Crippen molar-refractivity contribution in [3.8, 4) is 5.75 Å². The maximum absolute atomic E-state index is 4.91. The van der Waals surface area contributed by atoms with E-state index < -0.39 is 0 Å². The molecule has 1 rings (SSSR count). The van der Waals surface area contributed by atoms with E-state index in [-0.39, 0.29) is 18.9 Å². The van der Waals surface area contributed by atoms with Gasteiger partial charge in [0.15, 0.2) is 0 Å². The predicted octanol–water partition coefficient (Wildman–Crippen LogP) is 1.31. The first-order valence-corrected chi connectivity index (χ1v) is 2.52. The van der Waals surface area contributed by atoms with Crippen molar-refractivity contribution in [2.75, 3.05) is 7.11 Å². The van der Waals surface area contributed by atoms with Crippen LogP contribution in [0.15, 0.2) is 30.3 Å². The molecule has 1 nitrogen and oxygen atoms in total. The van der Waals surface area contributed by atoms with Gasteiger partial charge in [-0.25, -0.2) is 0 Å². The van der Waals surface area contributed by atoms with E-state index in [0.717, 1.165) is 5.75 Å². The summed E-state index contributed by atoms with van der Waals surface area (Å²) in [4.78, 5) is 0. The first-order valence-electron chi connectivity index (χ1n) is 2.52. The predicted molar refractivity (Wildman–Crippen MR) is 38.7 cm³/mol. The van der Waals surface area contributed by atoms with Crippen molar-refractivity contribution in [2.24, 2.45) is 0 Å². The first-order chi connectivity index (χ1) is 3.93. The van der Waals surface area contributed by atoms with Gasteiger partial charge in [0.1, 0.15) is 5.75 Å². The molecular formula is C7H8LiO. The van der Waals surface area contributed by atoms with Crippen LogP contribution >= 0.6 is 0 Å². The summed E-state index contributed by atoms with van der Waals surface area (Å²) >= 11 is 0. The van der Waals surface area contributed by atoms with Crippen LogP contribution in [0, 0.1) is 0 Å². The quantitative estimate of drug-likeness (QED) is 0.501. The van der Waals surface area contributed by atoms with Gasteiger partial charge in [0, 0.05) is 18.9 Å². The molecule has 0 fully saturated rings. The van der Waals surface area contributed by atoms with Crippen molar-refractivity contribution in [3.63, 3.8) is 0 Å². The average Bonchev–Trinajstić information content (AvgIpc) is 1.90. The van der Waals surface area contributed by atoms with Crippen LogP contribution in [0.25, 0.3) is 0 Å². The molecule has 0 heterocycles. The molecule has 0 amide bonds. The Morgan fingerprint density at radius 3 is 2.00 bits per heavy atom. The van der Waals surface area contributed by atoms with Crippen LogP contribution in [0.5, 0.6) is 5.75 Å². The van der Waals surface area contributed by atoms with Crippen LogP contribution in [-0.2, 0) is 0 Å². The number of ether oxygens (including phenoxy) is 1. The summed E-state index contributed by atoms with van der Waals surface area (Å²) in [6, 6.07) is 9.68. The Labute approximate surface area is 67.2 Å². The summed E-state index contributed by atoms with van der Waals surface area (Å²) < 4.78 is 4.91. The van der Waals surface area contributed by atoms with Crippen LogP contribution < -0.4 is 4.74 Å². The van der Waals surface area contributed by atoms with Crippen molar-refractivity contribution in [3.05, 3.63) is 30.3 Å². The molecule has 0 N–H and O–H groups in total. The number of rotatable bonds is 1. The van der Waals surface area contributed by atoms with Crippen LogP contribution in [0.4, 0.5) is 0 Å². The Hall–Kier alpha value is -0.383. The number of benzene rings is 1. The molecule has 0 aliphatic carbocycles. The van der Waals surface area contributed by atoms with E-state index in [1.54, 1.807) is 7.11 Å². The summed E-state index contributed by atoms with van der Waals surface area (Å²) in [5, 5.41) is 0. The smallest absolute Gasteiger partial charge is 0.118 e. The van der Waals surface area contributed by atoms with Gasteiger partial charge in [-0.3, -0.25) is 0 Å². The van der Waals surface area contributed by atoms with Crippen LogP contribution in [0.3, 0.4) is 0 Å². The number of para-hydroxylation sites is 1. The van der Waals surface area contributed by atoms with Gasteiger partial charge in [0.05, 0.1) is 7.11 Å². The molecule has 0 spiro atoms. The molecule has 0 saturated carbocycles. The number of hydrogen-bond acceptors (Lipinski definition) is 1. The molecule has 0 atom stereocenters. The van der Waals surface area contributed by atoms with Crippen molar-refractivity contribution in [2.45, 2.75) is 0 Å². The van der Waals surface area contributed by atoms with Crippen molar-refractivity contribution < 1.29 is 4.74 Å². The van der Waals surface area contributed by atoms with Gasteiger partial charge < -0.3 is 4.74 Å². The molecule has 2 heteroatoms. The molecule has 43 valence electrons. The van der Waals surface area contributed by atoms with E-state index in [1.807, 2.05) is 30.3 Å². The van der Waals surface area contributed by atoms with Gasteiger partial charge in [0.25, 0.3) is 0 Å². The normalized spacial score (nSPS) is 7.67. The van der Waals surface area contributed by atoms with E-state index in [1.165, 1.54) is 0 Å². The minimum atomic E-state index is 0. The van der Waals surface area contributed by atoms with E-state index >= 15 is 0 Å². The second kappa shape index (κ2) is 4.49. The van der Waals surface area contributed by atoms with E-state index in [2.05, 4.69) is 0 Å². The summed E-state index contributed by atoms with van der Waals surface area (Å²) in [5.74, 6) is 0.910. The van der Waals surface area contributed by atoms with Crippen molar-refractivity contribution >= 4 is 18.9 Å². The number of hydrogen-bond donors (Lipinski definition) is 0. The largest absolute Gasteiger partial charge is 0.497 e. The Morgan fingerprint density at radius 2 is 1.67 bits per heavy atom. The molecule has 1 radical (unpaired) electrons. The fourth-order valence-corrected chi connectivity index (χ4v) is 0.557. The zero-order chi connectivity index (χ0) is 5.82. The molecular weight excluding hydrogens is 107 g/mol. The minimum absolute atomic E-state index is 0. The Bertz CT molecular complexity index is 150. The molecule has 0 saturated heterocycles. The molecule has 0 unspecified atom stereocenters. The monoisotopic (exact) mass is 115 g/mol. The van der Waals surface area contributed by atoms with Gasteiger partial charge in [0.2, 0.25) is 0 Å². The van der Waals surface area contributed by atoms with Gasteiger partial charge in [-0.1, -0.05) is 18.2 Å². The summed E-state index contributed by atoms with van der Waals surface area (Å²) in [6.07, 6.45) is 0. The summed E-state index contributed by atoms with van der Waals surface area (Å²) in [7, 11) is 1.66. The third-order valence-corrected chi connectivity index (χ3v) is 0.979. The van der Waals surface area contributed by atoms with Gasteiger partial charge in [-0.05, 0) is 12.1 Å². The van der Waals surface area contributed by atoms with Crippen LogP contribution in [0.2, 0.25) is 0 Å². The second-order valence-corrected chi connectivity index (χ2v) is 1.52. The van der Waals surface area contributed by atoms with Crippen LogP contribution in [-0.4, -0.2) is 26.0 Å². The summed E-state index contributed by atoms with van der Waals surface area (Å²) in [5.41, 5.74) is 0. The van der Waals surface area contributed by atoms with Crippen LogP contribution in [0.1, 0.15) is 0 Å². The topological polar surface area (TPSA) is 9.23 Å². The third kappa shape index (κ3) is 2.60. The third-order valence-electron chi connectivity index (χ3n) is 0.979. The van der Waals surface area contributed by atoms with Crippen molar-refractivity contribution in [1.29, 1.82) is 0 Å². The maximum Gasteiger partial charge on any atom is 0.118 e. The van der Waals surface area contributed by atoms with E-state index in [4.69, 9.17) is 4.74 Å². The Morgan fingerprint density at radius 1 is 1.11 bits per heavy atom. The SMILES string of the molecule is COc1ccccc1.[Li]. The standard InChI is InChI=1S/C7H8O.Li/c1-8-7-5-3-2-4-6-7;/h2-6H,1H3;. The molecule has 0 bridgehead atoms.